The van der Waals surface area contributed by atoms with E-state index in [-0.39, 0.29) is 18.0 Å². The molecule has 188 valence electrons. The van der Waals surface area contributed by atoms with E-state index in [1.807, 2.05) is 73.3 Å². The van der Waals surface area contributed by atoms with Crippen molar-refractivity contribution in [1.82, 2.24) is 10.3 Å². The number of rotatable bonds is 6. The molecule has 0 radical (unpaired) electrons. The van der Waals surface area contributed by atoms with Gasteiger partial charge in [-0.3, -0.25) is 9.78 Å². The van der Waals surface area contributed by atoms with Gasteiger partial charge in [0.2, 0.25) is 5.91 Å². The number of halogens is 2. The number of aromatic nitrogens is 1. The fourth-order valence-corrected chi connectivity index (χ4v) is 5.06. The molecule has 2 aromatic carbocycles. The average Bonchev–Trinajstić information content (AvgIpc) is 3.52. The summed E-state index contributed by atoms with van der Waals surface area (Å²) in [6.07, 6.45) is 2.17. The van der Waals surface area contributed by atoms with Crippen LogP contribution in [-0.4, -0.2) is 16.0 Å². The molecule has 2 N–H and O–H groups in total. The molecule has 5 rings (SSSR count). The smallest absolute Gasteiger partial charge is 0.224 e. The second-order valence-corrected chi connectivity index (χ2v) is 9.93. The molecule has 6 nitrogen and oxygen atoms in total. The number of thiocarbonyl (C=S) groups is 1. The molecule has 0 unspecified atom stereocenters. The van der Waals surface area contributed by atoms with Gasteiger partial charge < -0.3 is 20.0 Å². The van der Waals surface area contributed by atoms with E-state index in [1.165, 1.54) is 0 Å². The van der Waals surface area contributed by atoms with E-state index in [2.05, 4.69) is 15.6 Å². The molecule has 0 spiro atoms. The summed E-state index contributed by atoms with van der Waals surface area (Å²) < 4.78 is 6.39. The standard InChI is InChI=1S/C28H24Cl2N4O2S/c1-3-25(35)32-21-10-8-18(14-16(21)2)34-27(26(33-28(34)37)22-6-4-5-13-31-22)24-12-11-23(36-24)17-7-9-19(29)20(30)15-17/h4-15,26-27H,3H2,1-2H3,(H,32,35)(H,33,37)/t26-,27+/m1/s1. The highest BCUT2D eigenvalue weighted by atomic mass is 35.5. The summed E-state index contributed by atoms with van der Waals surface area (Å²) in [6, 6.07) is 20.4. The summed E-state index contributed by atoms with van der Waals surface area (Å²) in [7, 11) is 0. The van der Waals surface area contributed by atoms with Crippen LogP contribution in [0.5, 0.6) is 0 Å². The normalized spacial score (nSPS) is 17.1. The van der Waals surface area contributed by atoms with E-state index < -0.39 is 0 Å². The summed E-state index contributed by atoms with van der Waals surface area (Å²) in [5, 5.41) is 7.87. The minimum Gasteiger partial charge on any atom is -0.459 e. The predicted molar refractivity (Wildman–Crippen MR) is 152 cm³/mol. The van der Waals surface area contributed by atoms with Crippen LogP contribution in [0.4, 0.5) is 11.4 Å². The van der Waals surface area contributed by atoms with Crippen molar-refractivity contribution >= 4 is 57.8 Å². The molecule has 2 aromatic heterocycles. The van der Waals surface area contributed by atoms with Crippen molar-refractivity contribution in [3.05, 3.63) is 100.0 Å². The van der Waals surface area contributed by atoms with Gasteiger partial charge in [0.1, 0.15) is 17.6 Å². The van der Waals surface area contributed by atoms with Crippen molar-refractivity contribution in [1.29, 1.82) is 0 Å². The topological polar surface area (TPSA) is 70.4 Å². The predicted octanol–water partition coefficient (Wildman–Crippen LogP) is 7.48. The lowest BCUT2D eigenvalue weighted by molar-refractivity contribution is -0.115. The Morgan fingerprint density at radius 2 is 1.95 bits per heavy atom. The lowest BCUT2D eigenvalue weighted by atomic mass is 10.0. The van der Waals surface area contributed by atoms with Crippen LogP contribution in [0.15, 0.2) is 77.3 Å². The van der Waals surface area contributed by atoms with Crippen LogP contribution in [0, 0.1) is 6.92 Å². The maximum atomic E-state index is 11.9. The third-order valence-electron chi connectivity index (χ3n) is 6.30. The minimum absolute atomic E-state index is 0.0345. The summed E-state index contributed by atoms with van der Waals surface area (Å²) >= 11 is 18.2. The molecule has 1 fully saturated rings. The molecule has 1 saturated heterocycles. The molecule has 0 aliphatic carbocycles. The highest BCUT2D eigenvalue weighted by Crippen LogP contribution is 2.43. The Morgan fingerprint density at radius 1 is 1.11 bits per heavy atom. The van der Waals surface area contributed by atoms with Gasteiger partial charge in [0, 0.05) is 29.6 Å². The first-order valence-electron chi connectivity index (χ1n) is 11.8. The highest BCUT2D eigenvalue weighted by molar-refractivity contribution is 7.80. The van der Waals surface area contributed by atoms with E-state index in [1.54, 1.807) is 18.3 Å². The summed E-state index contributed by atoms with van der Waals surface area (Å²) in [5.41, 5.74) is 4.24. The summed E-state index contributed by atoms with van der Waals surface area (Å²) in [4.78, 5) is 18.6. The molecule has 0 bridgehead atoms. The zero-order valence-electron chi connectivity index (χ0n) is 20.2. The number of hydrogen-bond acceptors (Lipinski definition) is 4. The van der Waals surface area contributed by atoms with Crippen LogP contribution >= 0.6 is 35.4 Å². The van der Waals surface area contributed by atoms with Crippen LogP contribution in [-0.2, 0) is 4.79 Å². The Labute approximate surface area is 230 Å². The zero-order valence-corrected chi connectivity index (χ0v) is 22.5. The summed E-state index contributed by atoms with van der Waals surface area (Å²) in [5.74, 6) is 1.35. The van der Waals surface area contributed by atoms with Crippen LogP contribution in [0.1, 0.15) is 42.4 Å². The first-order valence-corrected chi connectivity index (χ1v) is 13.0. The molecule has 2 atom stereocenters. The molecule has 1 amide bonds. The number of pyridine rings is 1. The maximum Gasteiger partial charge on any atom is 0.224 e. The number of amides is 1. The number of carbonyl (C=O) groups excluding carboxylic acids is 1. The Morgan fingerprint density at radius 3 is 2.65 bits per heavy atom. The van der Waals surface area contributed by atoms with Crippen molar-refractivity contribution in [2.45, 2.75) is 32.4 Å². The minimum atomic E-state index is -0.311. The molecule has 1 aliphatic heterocycles. The largest absolute Gasteiger partial charge is 0.459 e. The quantitative estimate of drug-likeness (QED) is 0.242. The number of nitrogens with zero attached hydrogens (tertiary/aromatic N) is 2. The first-order chi connectivity index (χ1) is 17.9. The maximum absolute atomic E-state index is 11.9. The molecular weight excluding hydrogens is 527 g/mol. The van der Waals surface area contributed by atoms with E-state index in [9.17, 15) is 4.79 Å². The Hall–Kier alpha value is -3.39. The number of hydrogen-bond donors (Lipinski definition) is 2. The van der Waals surface area contributed by atoms with Gasteiger partial charge in [-0.2, -0.15) is 0 Å². The molecule has 37 heavy (non-hydrogen) atoms. The van der Waals surface area contributed by atoms with Crippen LogP contribution in [0.25, 0.3) is 11.3 Å². The van der Waals surface area contributed by atoms with Crippen molar-refractivity contribution in [3.8, 4) is 11.3 Å². The van der Waals surface area contributed by atoms with Gasteiger partial charge in [-0.05, 0) is 85.4 Å². The zero-order chi connectivity index (χ0) is 26.1. The Kier molecular flexibility index (Phi) is 7.20. The van der Waals surface area contributed by atoms with Gasteiger partial charge in [-0.25, -0.2) is 0 Å². The van der Waals surface area contributed by atoms with Crippen molar-refractivity contribution in [2.75, 3.05) is 10.2 Å². The van der Waals surface area contributed by atoms with Gasteiger partial charge in [0.05, 0.1) is 21.8 Å². The van der Waals surface area contributed by atoms with Crippen molar-refractivity contribution in [3.63, 3.8) is 0 Å². The van der Waals surface area contributed by atoms with Gasteiger partial charge in [0.15, 0.2) is 5.11 Å². The lowest BCUT2D eigenvalue weighted by Crippen LogP contribution is -2.29. The third kappa shape index (κ3) is 5.07. The van der Waals surface area contributed by atoms with Crippen molar-refractivity contribution in [2.24, 2.45) is 0 Å². The third-order valence-corrected chi connectivity index (χ3v) is 7.36. The molecule has 3 heterocycles. The van der Waals surface area contributed by atoms with Crippen LogP contribution < -0.4 is 15.5 Å². The number of benzene rings is 2. The fourth-order valence-electron chi connectivity index (χ4n) is 4.41. The van der Waals surface area contributed by atoms with Crippen LogP contribution in [0.3, 0.4) is 0 Å². The molecule has 4 aromatic rings. The summed E-state index contributed by atoms with van der Waals surface area (Å²) in [6.45, 7) is 3.78. The molecular formula is C28H24Cl2N4O2S. The lowest BCUT2D eigenvalue weighted by Gasteiger charge is -2.26. The fraction of sp³-hybridized carbons (Fsp3) is 0.179. The number of aryl methyl sites for hydroxylation is 1. The van der Waals surface area contributed by atoms with E-state index in [0.29, 0.717) is 33.1 Å². The van der Waals surface area contributed by atoms with E-state index in [4.69, 9.17) is 39.8 Å². The second kappa shape index (κ2) is 10.5. The SMILES string of the molecule is CCC(=O)Nc1ccc(N2C(=S)N[C@H](c3ccccn3)[C@@H]2c2ccc(-c3ccc(Cl)c(Cl)c3)o2)cc1C. The number of nitrogens with one attached hydrogen (secondary N) is 2. The molecule has 0 saturated carbocycles. The van der Waals surface area contributed by atoms with Gasteiger partial charge >= 0.3 is 0 Å². The van der Waals surface area contributed by atoms with Gasteiger partial charge in [0.25, 0.3) is 0 Å². The number of anilines is 2. The second-order valence-electron chi connectivity index (χ2n) is 8.73. The van der Waals surface area contributed by atoms with Crippen molar-refractivity contribution < 1.29 is 9.21 Å². The average molecular weight is 551 g/mol. The first kappa shape index (κ1) is 25.3. The Bertz CT molecular complexity index is 1470. The number of carbonyl (C=O) groups is 1. The Balaban J connectivity index is 1.56. The van der Waals surface area contributed by atoms with Gasteiger partial charge in [-0.1, -0.05) is 36.2 Å². The number of furan rings is 1. The highest BCUT2D eigenvalue weighted by Gasteiger charge is 2.42. The van der Waals surface area contributed by atoms with Gasteiger partial charge in [-0.15, -0.1) is 0 Å². The van der Waals surface area contributed by atoms with Crippen LogP contribution in [0.2, 0.25) is 10.0 Å². The monoisotopic (exact) mass is 550 g/mol. The van der Waals surface area contributed by atoms with E-state index >= 15 is 0 Å². The molecule has 9 heteroatoms. The van der Waals surface area contributed by atoms with E-state index in [0.717, 1.165) is 28.2 Å². The molecule has 1 aliphatic rings.